The maximum atomic E-state index is 13.2. The van der Waals surface area contributed by atoms with Gasteiger partial charge in [0, 0.05) is 5.56 Å². The zero-order valence-electron chi connectivity index (χ0n) is 9.49. The van der Waals surface area contributed by atoms with Crippen LogP contribution in [0, 0.1) is 5.82 Å². The minimum absolute atomic E-state index is 0.0959. The largest absolute Gasteiger partial charge is 0.337 e. The number of nitrogens with one attached hydrogen (secondary N) is 1. The zero-order valence-corrected chi connectivity index (χ0v) is 10.2. The molecule has 18 heavy (non-hydrogen) atoms. The van der Waals surface area contributed by atoms with E-state index in [1.165, 1.54) is 18.2 Å². The molecule has 0 aliphatic carbocycles. The molecule has 6 heteroatoms. The maximum absolute atomic E-state index is 13.2. The molecular formula is C12H11ClFN3O. The third-order valence-corrected chi connectivity index (χ3v) is 3.30. The average Bonchev–Trinajstić information content (AvgIpc) is 3.00. The molecule has 0 unspecified atom stereocenters. The monoisotopic (exact) mass is 267 g/mol. The summed E-state index contributed by atoms with van der Waals surface area (Å²) in [7, 11) is 0. The summed E-state index contributed by atoms with van der Waals surface area (Å²) < 4.78 is 18.4. The number of hydrogen-bond acceptors (Lipinski definition) is 4. The van der Waals surface area contributed by atoms with Gasteiger partial charge in [0.15, 0.2) is 0 Å². The average molecular weight is 268 g/mol. The molecule has 0 spiro atoms. The van der Waals surface area contributed by atoms with Crippen LogP contribution in [0.2, 0.25) is 5.02 Å². The quantitative estimate of drug-likeness (QED) is 0.909. The first-order valence-corrected chi connectivity index (χ1v) is 6.14. The fourth-order valence-electron chi connectivity index (χ4n) is 2.05. The molecule has 1 fully saturated rings. The molecule has 1 aliphatic rings. The molecule has 0 amide bonds. The van der Waals surface area contributed by atoms with Gasteiger partial charge in [0.05, 0.1) is 11.1 Å². The second-order valence-electron chi connectivity index (χ2n) is 4.23. The lowest BCUT2D eigenvalue weighted by atomic mass is 10.2. The van der Waals surface area contributed by atoms with E-state index in [0.29, 0.717) is 22.3 Å². The summed E-state index contributed by atoms with van der Waals surface area (Å²) in [6, 6.07) is 4.18. The normalized spacial score (nSPS) is 19.3. The fraction of sp³-hybridized carbons (Fsp3) is 0.333. The molecule has 3 rings (SSSR count). The maximum Gasteiger partial charge on any atom is 0.244 e. The van der Waals surface area contributed by atoms with Gasteiger partial charge < -0.3 is 9.84 Å². The molecule has 94 valence electrons. The van der Waals surface area contributed by atoms with Gasteiger partial charge in [-0.15, -0.1) is 0 Å². The number of halogens is 2. The lowest BCUT2D eigenvalue weighted by Crippen LogP contribution is -2.12. The number of rotatable bonds is 2. The second kappa shape index (κ2) is 4.66. The third-order valence-electron chi connectivity index (χ3n) is 2.97. The lowest BCUT2D eigenvalue weighted by molar-refractivity contribution is 0.345. The smallest absolute Gasteiger partial charge is 0.244 e. The van der Waals surface area contributed by atoms with E-state index in [0.717, 1.165) is 19.4 Å². The van der Waals surface area contributed by atoms with Gasteiger partial charge in [-0.1, -0.05) is 16.8 Å². The summed E-state index contributed by atoms with van der Waals surface area (Å²) >= 11 is 6.00. The first kappa shape index (κ1) is 11.6. The van der Waals surface area contributed by atoms with Crippen molar-refractivity contribution in [3.05, 3.63) is 34.9 Å². The topological polar surface area (TPSA) is 51.0 Å². The Bertz CT molecular complexity index is 566. The summed E-state index contributed by atoms with van der Waals surface area (Å²) in [6.45, 7) is 0.948. The first-order valence-electron chi connectivity index (χ1n) is 5.76. The third kappa shape index (κ3) is 2.11. The van der Waals surface area contributed by atoms with Gasteiger partial charge in [0.25, 0.3) is 0 Å². The molecule has 2 aromatic rings. The number of benzene rings is 1. The van der Waals surface area contributed by atoms with Crippen molar-refractivity contribution in [1.82, 2.24) is 15.5 Å². The predicted octanol–water partition coefficient (Wildman–Crippen LogP) is 2.95. The predicted molar refractivity (Wildman–Crippen MR) is 64.7 cm³/mol. The molecule has 1 saturated heterocycles. The van der Waals surface area contributed by atoms with Crippen LogP contribution in [-0.4, -0.2) is 16.7 Å². The van der Waals surface area contributed by atoms with Crippen LogP contribution in [0.25, 0.3) is 11.4 Å². The summed E-state index contributed by atoms with van der Waals surface area (Å²) in [6.07, 6.45) is 2.06. The molecule has 4 nitrogen and oxygen atoms in total. The van der Waals surface area contributed by atoms with Crippen molar-refractivity contribution in [2.24, 2.45) is 0 Å². The number of aromatic nitrogens is 2. The van der Waals surface area contributed by atoms with E-state index in [1.807, 2.05) is 0 Å². The Morgan fingerprint density at radius 3 is 3.11 bits per heavy atom. The van der Waals surface area contributed by atoms with E-state index < -0.39 is 0 Å². The molecule has 1 aromatic heterocycles. The first-order chi connectivity index (χ1) is 8.74. The Hall–Kier alpha value is -1.46. The van der Waals surface area contributed by atoms with E-state index in [4.69, 9.17) is 16.1 Å². The number of nitrogens with zero attached hydrogens (tertiary/aromatic N) is 2. The van der Waals surface area contributed by atoms with Crippen LogP contribution in [0.1, 0.15) is 24.8 Å². The Balaban J connectivity index is 1.94. The Kier molecular flexibility index (Phi) is 3.01. The van der Waals surface area contributed by atoms with Crippen molar-refractivity contribution < 1.29 is 8.91 Å². The van der Waals surface area contributed by atoms with Crippen LogP contribution in [0.3, 0.4) is 0 Å². The van der Waals surface area contributed by atoms with Gasteiger partial charge in [-0.2, -0.15) is 4.98 Å². The van der Waals surface area contributed by atoms with E-state index in [1.54, 1.807) is 0 Å². The van der Waals surface area contributed by atoms with E-state index in [-0.39, 0.29) is 11.9 Å². The van der Waals surface area contributed by atoms with Crippen molar-refractivity contribution in [2.45, 2.75) is 18.9 Å². The minimum Gasteiger partial charge on any atom is -0.337 e. The van der Waals surface area contributed by atoms with Crippen molar-refractivity contribution in [1.29, 1.82) is 0 Å². The van der Waals surface area contributed by atoms with Crippen LogP contribution in [0.15, 0.2) is 22.7 Å². The number of hydrogen-bond donors (Lipinski definition) is 1. The van der Waals surface area contributed by atoms with Crippen molar-refractivity contribution in [2.75, 3.05) is 6.54 Å². The molecule has 0 bridgehead atoms. The van der Waals surface area contributed by atoms with E-state index >= 15 is 0 Å². The second-order valence-corrected chi connectivity index (χ2v) is 4.64. The van der Waals surface area contributed by atoms with Gasteiger partial charge in [-0.05, 0) is 37.6 Å². The molecule has 1 aromatic carbocycles. The standard InChI is InChI=1S/C12H11ClFN3O/c13-9-4-3-7(14)6-8(9)11-16-12(18-17-11)10-2-1-5-15-10/h3-4,6,10,15H,1-2,5H2/t10-/m0/s1. The SMILES string of the molecule is Fc1ccc(Cl)c(-c2noc([C@@H]3CCCN3)n2)c1. The molecule has 1 aliphatic heterocycles. The van der Waals surface area contributed by atoms with Crippen LogP contribution >= 0.6 is 11.6 Å². The van der Waals surface area contributed by atoms with Crippen molar-refractivity contribution in [3.63, 3.8) is 0 Å². The summed E-state index contributed by atoms with van der Waals surface area (Å²) in [5.74, 6) is 0.478. The fourth-order valence-corrected chi connectivity index (χ4v) is 2.25. The molecule has 2 heterocycles. The molecule has 0 radical (unpaired) electrons. The molecule has 1 N–H and O–H groups in total. The Morgan fingerprint density at radius 1 is 1.44 bits per heavy atom. The summed E-state index contributed by atoms with van der Waals surface area (Å²) in [5.41, 5.74) is 0.449. The van der Waals surface area contributed by atoms with Crippen molar-refractivity contribution >= 4 is 11.6 Å². The van der Waals surface area contributed by atoms with Gasteiger partial charge in [0.1, 0.15) is 5.82 Å². The van der Waals surface area contributed by atoms with Gasteiger partial charge in [-0.3, -0.25) is 0 Å². The van der Waals surface area contributed by atoms with Crippen LogP contribution < -0.4 is 5.32 Å². The highest BCUT2D eigenvalue weighted by Gasteiger charge is 2.23. The summed E-state index contributed by atoms with van der Waals surface area (Å²) in [4.78, 5) is 4.27. The Labute approximate surface area is 108 Å². The van der Waals surface area contributed by atoms with Crippen molar-refractivity contribution in [3.8, 4) is 11.4 Å². The minimum atomic E-state index is -0.375. The van der Waals surface area contributed by atoms with Crippen LogP contribution in [0.4, 0.5) is 4.39 Å². The summed E-state index contributed by atoms with van der Waals surface area (Å²) in [5, 5.41) is 7.52. The Morgan fingerprint density at radius 2 is 2.33 bits per heavy atom. The lowest BCUT2D eigenvalue weighted by Gasteiger charge is -2.01. The highest BCUT2D eigenvalue weighted by molar-refractivity contribution is 6.33. The van der Waals surface area contributed by atoms with Gasteiger partial charge in [-0.25, -0.2) is 4.39 Å². The molecule has 1 atom stereocenters. The zero-order chi connectivity index (χ0) is 12.5. The molecular weight excluding hydrogens is 257 g/mol. The van der Waals surface area contributed by atoms with E-state index in [2.05, 4.69) is 15.5 Å². The molecule has 0 saturated carbocycles. The highest BCUT2D eigenvalue weighted by atomic mass is 35.5. The van der Waals surface area contributed by atoms with Gasteiger partial charge in [0.2, 0.25) is 11.7 Å². The highest BCUT2D eigenvalue weighted by Crippen LogP contribution is 2.28. The van der Waals surface area contributed by atoms with Gasteiger partial charge >= 0.3 is 0 Å². The van der Waals surface area contributed by atoms with Crippen LogP contribution in [-0.2, 0) is 0 Å². The van der Waals surface area contributed by atoms with Crippen LogP contribution in [0.5, 0.6) is 0 Å². The van der Waals surface area contributed by atoms with E-state index in [9.17, 15) is 4.39 Å².